The highest BCUT2D eigenvalue weighted by atomic mass is 19.1. The fourth-order valence-corrected chi connectivity index (χ4v) is 1.87. The molecule has 0 radical (unpaired) electrons. The predicted octanol–water partition coefficient (Wildman–Crippen LogP) is 0.931. The summed E-state index contributed by atoms with van der Waals surface area (Å²) in [6.07, 6.45) is 1.92. The number of nitrogens with one attached hydrogen (secondary N) is 1. The Labute approximate surface area is 110 Å². The van der Waals surface area contributed by atoms with Gasteiger partial charge in [0.25, 0.3) is 0 Å². The van der Waals surface area contributed by atoms with E-state index in [0.717, 1.165) is 0 Å². The lowest BCUT2D eigenvalue weighted by atomic mass is 10.1. The first-order chi connectivity index (χ1) is 9.13. The second kappa shape index (κ2) is 5.68. The van der Waals surface area contributed by atoms with E-state index in [-0.39, 0.29) is 11.7 Å². The van der Waals surface area contributed by atoms with Gasteiger partial charge in [0.05, 0.1) is 5.69 Å². The molecule has 0 bridgehead atoms. The molecule has 1 unspecified atom stereocenters. The van der Waals surface area contributed by atoms with E-state index < -0.39 is 0 Å². The first kappa shape index (κ1) is 13.3. The minimum absolute atomic E-state index is 0.0168. The number of rotatable bonds is 5. The predicted molar refractivity (Wildman–Crippen MR) is 67.2 cm³/mol. The molecule has 2 aromatic heterocycles. The number of nitrogens with zero attached hydrogens (tertiary/aromatic N) is 6. The summed E-state index contributed by atoms with van der Waals surface area (Å²) in [5, 5.41) is 13.8. The molecule has 0 spiro atoms. The molecule has 19 heavy (non-hydrogen) atoms. The molecule has 1 atom stereocenters. The molecule has 1 N–H and O–H groups in total. The van der Waals surface area contributed by atoms with Crippen molar-refractivity contribution in [2.24, 2.45) is 0 Å². The maximum Gasteiger partial charge on any atom is 0.187 e. The van der Waals surface area contributed by atoms with Gasteiger partial charge in [0.2, 0.25) is 0 Å². The lowest BCUT2D eigenvalue weighted by Gasteiger charge is -2.21. The van der Waals surface area contributed by atoms with E-state index in [4.69, 9.17) is 0 Å². The maximum atomic E-state index is 14.1. The quantitative estimate of drug-likeness (QED) is 0.866. The Hall–Kier alpha value is -2.12. The standard InChI is InChI=1S/C11H16FN7/c1-4-8-9(12)11(14-6-13-8)19(3)5-7(2)10-15-17-18-16-10/h6-7H,4-5H2,1-3H3,(H,15,16,17,18). The molecule has 0 fully saturated rings. The first-order valence-corrected chi connectivity index (χ1v) is 6.07. The fraction of sp³-hybridized carbons (Fsp3) is 0.545. The Morgan fingerprint density at radius 3 is 2.84 bits per heavy atom. The van der Waals surface area contributed by atoms with Gasteiger partial charge >= 0.3 is 0 Å². The third kappa shape index (κ3) is 2.83. The monoisotopic (exact) mass is 265 g/mol. The van der Waals surface area contributed by atoms with Crippen LogP contribution in [0, 0.1) is 5.82 Å². The van der Waals surface area contributed by atoms with Crippen molar-refractivity contribution in [1.82, 2.24) is 30.6 Å². The van der Waals surface area contributed by atoms with Crippen molar-refractivity contribution in [2.75, 3.05) is 18.5 Å². The Morgan fingerprint density at radius 2 is 2.21 bits per heavy atom. The van der Waals surface area contributed by atoms with Gasteiger partial charge in [0.15, 0.2) is 17.5 Å². The van der Waals surface area contributed by atoms with Gasteiger partial charge in [-0.25, -0.2) is 14.4 Å². The van der Waals surface area contributed by atoms with Gasteiger partial charge in [0.1, 0.15) is 6.33 Å². The molecule has 8 heteroatoms. The SMILES string of the molecule is CCc1ncnc(N(C)CC(C)c2nn[nH]n2)c1F. The average Bonchev–Trinajstić information content (AvgIpc) is 2.92. The van der Waals surface area contributed by atoms with E-state index in [1.54, 1.807) is 11.9 Å². The van der Waals surface area contributed by atoms with E-state index in [9.17, 15) is 4.39 Å². The van der Waals surface area contributed by atoms with Crippen LogP contribution in [-0.4, -0.2) is 44.2 Å². The highest BCUT2D eigenvalue weighted by molar-refractivity contribution is 5.40. The summed E-state index contributed by atoms with van der Waals surface area (Å²) >= 11 is 0. The molecule has 102 valence electrons. The molecule has 0 aliphatic carbocycles. The molecule has 0 aliphatic rings. The molecular formula is C11H16FN7. The Morgan fingerprint density at radius 1 is 1.42 bits per heavy atom. The molecule has 2 aromatic rings. The van der Waals surface area contributed by atoms with Crippen molar-refractivity contribution >= 4 is 5.82 Å². The normalized spacial score (nSPS) is 12.4. The van der Waals surface area contributed by atoms with Gasteiger partial charge in [-0.3, -0.25) is 0 Å². The van der Waals surface area contributed by atoms with Crippen LogP contribution in [0.5, 0.6) is 0 Å². The number of hydrogen-bond donors (Lipinski definition) is 1. The van der Waals surface area contributed by atoms with Gasteiger partial charge in [-0.05, 0) is 6.42 Å². The van der Waals surface area contributed by atoms with Gasteiger partial charge in [-0.2, -0.15) is 5.21 Å². The minimum Gasteiger partial charge on any atom is -0.356 e. The van der Waals surface area contributed by atoms with Crippen LogP contribution in [0.15, 0.2) is 6.33 Å². The topological polar surface area (TPSA) is 83.5 Å². The van der Waals surface area contributed by atoms with Crippen LogP contribution in [0.25, 0.3) is 0 Å². The van der Waals surface area contributed by atoms with Crippen molar-refractivity contribution in [1.29, 1.82) is 0 Å². The van der Waals surface area contributed by atoms with E-state index in [1.165, 1.54) is 6.33 Å². The minimum atomic E-state index is -0.368. The Kier molecular flexibility index (Phi) is 3.98. The average molecular weight is 265 g/mol. The van der Waals surface area contributed by atoms with E-state index >= 15 is 0 Å². The molecular weight excluding hydrogens is 249 g/mol. The highest BCUT2D eigenvalue weighted by Gasteiger charge is 2.18. The number of likely N-dealkylation sites (N-methyl/N-ethyl adjacent to an activating group) is 1. The van der Waals surface area contributed by atoms with E-state index in [0.29, 0.717) is 30.3 Å². The Balaban J connectivity index is 2.14. The highest BCUT2D eigenvalue weighted by Crippen LogP contribution is 2.19. The van der Waals surface area contributed by atoms with Crippen LogP contribution in [0.4, 0.5) is 10.2 Å². The molecule has 0 amide bonds. The summed E-state index contributed by atoms with van der Waals surface area (Å²) in [5.74, 6) is 0.537. The van der Waals surface area contributed by atoms with Crippen LogP contribution < -0.4 is 4.90 Å². The summed E-state index contributed by atoms with van der Waals surface area (Å²) in [6, 6.07) is 0. The third-order valence-electron chi connectivity index (χ3n) is 2.89. The number of aromatic amines is 1. The van der Waals surface area contributed by atoms with Gasteiger partial charge in [-0.15, -0.1) is 10.2 Å². The van der Waals surface area contributed by atoms with Gasteiger partial charge in [0, 0.05) is 19.5 Å². The molecule has 0 aliphatic heterocycles. The number of halogens is 1. The molecule has 0 saturated carbocycles. The van der Waals surface area contributed by atoms with Crippen molar-refractivity contribution in [3.05, 3.63) is 23.7 Å². The summed E-state index contributed by atoms with van der Waals surface area (Å²) < 4.78 is 14.1. The van der Waals surface area contributed by atoms with Crippen LogP contribution >= 0.6 is 0 Å². The van der Waals surface area contributed by atoms with Crippen LogP contribution in [0.3, 0.4) is 0 Å². The van der Waals surface area contributed by atoms with Gasteiger partial charge < -0.3 is 4.90 Å². The fourth-order valence-electron chi connectivity index (χ4n) is 1.87. The molecule has 2 rings (SSSR count). The lowest BCUT2D eigenvalue weighted by molar-refractivity contribution is 0.581. The number of tetrazole rings is 1. The Bertz CT molecular complexity index is 528. The number of anilines is 1. The largest absolute Gasteiger partial charge is 0.356 e. The van der Waals surface area contributed by atoms with Crippen molar-refractivity contribution in [3.8, 4) is 0 Å². The third-order valence-corrected chi connectivity index (χ3v) is 2.89. The van der Waals surface area contributed by atoms with Gasteiger partial charge in [-0.1, -0.05) is 19.1 Å². The lowest BCUT2D eigenvalue weighted by Crippen LogP contribution is -2.26. The molecule has 0 saturated heterocycles. The van der Waals surface area contributed by atoms with Crippen molar-refractivity contribution in [2.45, 2.75) is 26.2 Å². The van der Waals surface area contributed by atoms with Crippen LogP contribution in [0.1, 0.15) is 31.3 Å². The maximum absolute atomic E-state index is 14.1. The molecule has 0 aromatic carbocycles. The first-order valence-electron chi connectivity index (χ1n) is 6.07. The van der Waals surface area contributed by atoms with E-state index in [1.807, 2.05) is 13.8 Å². The van der Waals surface area contributed by atoms with Crippen LogP contribution in [-0.2, 0) is 6.42 Å². The number of aromatic nitrogens is 6. The number of hydrogen-bond acceptors (Lipinski definition) is 6. The van der Waals surface area contributed by atoms with E-state index in [2.05, 4.69) is 30.6 Å². The van der Waals surface area contributed by atoms with Crippen molar-refractivity contribution in [3.63, 3.8) is 0 Å². The number of H-pyrrole nitrogens is 1. The molecule has 2 heterocycles. The summed E-state index contributed by atoms with van der Waals surface area (Å²) in [5.41, 5.74) is 0.420. The van der Waals surface area contributed by atoms with Crippen LogP contribution in [0.2, 0.25) is 0 Å². The zero-order valence-corrected chi connectivity index (χ0v) is 11.1. The summed E-state index contributed by atoms with van der Waals surface area (Å²) in [7, 11) is 1.78. The molecule has 7 nitrogen and oxygen atoms in total. The zero-order valence-electron chi connectivity index (χ0n) is 11.1. The second-order valence-electron chi connectivity index (χ2n) is 4.36. The summed E-state index contributed by atoms with van der Waals surface area (Å²) in [4.78, 5) is 9.65. The van der Waals surface area contributed by atoms with Crippen molar-refractivity contribution < 1.29 is 4.39 Å². The summed E-state index contributed by atoms with van der Waals surface area (Å²) in [6.45, 7) is 4.34. The number of aryl methyl sites for hydroxylation is 1. The zero-order chi connectivity index (χ0) is 13.8. The second-order valence-corrected chi connectivity index (χ2v) is 4.36. The smallest absolute Gasteiger partial charge is 0.187 e.